The Morgan fingerprint density at radius 2 is 1.92 bits per heavy atom. The molecule has 2 aromatic carbocycles. The van der Waals surface area contributed by atoms with Crippen LogP contribution in [0.25, 0.3) is 11.0 Å². The molecule has 0 unspecified atom stereocenters. The highest BCUT2D eigenvalue weighted by Crippen LogP contribution is 2.34. The molecule has 6 heteroatoms. The summed E-state index contributed by atoms with van der Waals surface area (Å²) in [7, 11) is 1.67. The molecular formula is C18H19Br2N3O. The lowest BCUT2D eigenvalue weighted by Crippen LogP contribution is -2.15. The van der Waals surface area contributed by atoms with Crippen LogP contribution in [0.3, 0.4) is 0 Å². The molecule has 0 amide bonds. The van der Waals surface area contributed by atoms with Crippen LogP contribution in [-0.2, 0) is 13.0 Å². The molecule has 0 spiro atoms. The number of nitrogens with zero attached hydrogens (tertiary/aromatic N) is 1. The van der Waals surface area contributed by atoms with E-state index in [1.807, 2.05) is 18.2 Å². The number of benzene rings is 2. The van der Waals surface area contributed by atoms with Crippen molar-refractivity contribution in [3.8, 4) is 5.75 Å². The van der Waals surface area contributed by atoms with Gasteiger partial charge in [0.15, 0.2) is 0 Å². The van der Waals surface area contributed by atoms with Gasteiger partial charge >= 0.3 is 0 Å². The van der Waals surface area contributed by atoms with Crippen LogP contribution >= 0.6 is 31.9 Å². The first-order valence-electron chi connectivity index (χ1n) is 7.83. The van der Waals surface area contributed by atoms with E-state index < -0.39 is 0 Å². The third-order valence-electron chi connectivity index (χ3n) is 3.80. The van der Waals surface area contributed by atoms with Crippen molar-refractivity contribution < 1.29 is 4.74 Å². The second-order valence-corrected chi connectivity index (χ2v) is 7.28. The summed E-state index contributed by atoms with van der Waals surface area (Å²) in [6, 6.07) is 12.3. The van der Waals surface area contributed by atoms with Crippen molar-refractivity contribution in [2.75, 3.05) is 13.7 Å². The Balaban J connectivity index is 1.47. The molecule has 0 aliphatic carbocycles. The van der Waals surface area contributed by atoms with E-state index in [-0.39, 0.29) is 0 Å². The number of hydrogen-bond acceptors (Lipinski definition) is 3. The molecule has 2 N–H and O–H groups in total. The third kappa shape index (κ3) is 4.18. The number of ether oxygens (including phenoxy) is 1. The molecule has 0 saturated carbocycles. The van der Waals surface area contributed by atoms with Crippen molar-refractivity contribution in [3.63, 3.8) is 0 Å². The molecule has 3 rings (SSSR count). The maximum absolute atomic E-state index is 5.32. The van der Waals surface area contributed by atoms with Crippen molar-refractivity contribution in [2.45, 2.75) is 19.4 Å². The Morgan fingerprint density at radius 1 is 1.17 bits per heavy atom. The van der Waals surface area contributed by atoms with E-state index >= 15 is 0 Å². The van der Waals surface area contributed by atoms with Gasteiger partial charge in [-0.25, -0.2) is 4.98 Å². The number of hydrogen-bond donors (Lipinski definition) is 2. The highest BCUT2D eigenvalue weighted by molar-refractivity contribution is 9.11. The van der Waals surface area contributed by atoms with Gasteiger partial charge in [-0.2, -0.15) is 0 Å². The molecule has 0 aliphatic heterocycles. The first-order chi connectivity index (χ1) is 11.7. The Morgan fingerprint density at radius 3 is 2.62 bits per heavy atom. The van der Waals surface area contributed by atoms with Crippen molar-refractivity contribution >= 4 is 42.9 Å². The monoisotopic (exact) mass is 451 g/mol. The lowest BCUT2D eigenvalue weighted by Gasteiger charge is -2.10. The summed E-state index contributed by atoms with van der Waals surface area (Å²) in [5, 5.41) is 3.47. The highest BCUT2D eigenvalue weighted by atomic mass is 79.9. The predicted molar refractivity (Wildman–Crippen MR) is 105 cm³/mol. The van der Waals surface area contributed by atoms with Gasteiger partial charge in [-0.3, -0.25) is 0 Å². The van der Waals surface area contributed by atoms with Crippen LogP contribution in [0, 0.1) is 0 Å². The second-order valence-electron chi connectivity index (χ2n) is 5.57. The fourth-order valence-electron chi connectivity index (χ4n) is 2.65. The quantitative estimate of drug-likeness (QED) is 0.505. The Kier molecular flexibility index (Phi) is 5.92. The number of para-hydroxylation sites is 2. The van der Waals surface area contributed by atoms with Crippen LogP contribution < -0.4 is 10.1 Å². The molecule has 24 heavy (non-hydrogen) atoms. The van der Waals surface area contributed by atoms with Gasteiger partial charge < -0.3 is 15.0 Å². The van der Waals surface area contributed by atoms with Crippen molar-refractivity contribution in [1.82, 2.24) is 15.3 Å². The van der Waals surface area contributed by atoms with E-state index in [4.69, 9.17) is 4.74 Å². The number of methoxy groups -OCH3 is 1. The fourth-order valence-corrected chi connectivity index (χ4v) is 4.25. The predicted octanol–water partition coefficient (Wildman–Crippen LogP) is 4.82. The maximum Gasteiger partial charge on any atom is 0.147 e. The van der Waals surface area contributed by atoms with Gasteiger partial charge in [0.25, 0.3) is 0 Å². The molecular weight excluding hydrogens is 434 g/mol. The number of nitrogens with one attached hydrogen (secondary N) is 2. The lowest BCUT2D eigenvalue weighted by molar-refractivity contribution is 0.409. The van der Waals surface area contributed by atoms with Crippen molar-refractivity contribution in [3.05, 3.63) is 56.7 Å². The van der Waals surface area contributed by atoms with Crippen LogP contribution in [0.4, 0.5) is 0 Å². The summed E-state index contributed by atoms with van der Waals surface area (Å²) in [5.41, 5.74) is 3.35. The number of aromatic amines is 1. The normalized spacial score (nSPS) is 11.1. The molecule has 3 aromatic rings. The first kappa shape index (κ1) is 17.5. The van der Waals surface area contributed by atoms with Gasteiger partial charge in [0.05, 0.1) is 27.1 Å². The summed E-state index contributed by atoms with van der Waals surface area (Å²) >= 11 is 7.07. The number of halogens is 2. The van der Waals surface area contributed by atoms with Crippen LogP contribution in [0.2, 0.25) is 0 Å². The zero-order chi connectivity index (χ0) is 16.9. The van der Waals surface area contributed by atoms with E-state index in [0.29, 0.717) is 0 Å². The molecule has 1 aromatic heterocycles. The van der Waals surface area contributed by atoms with E-state index in [1.54, 1.807) is 7.11 Å². The average molecular weight is 453 g/mol. The summed E-state index contributed by atoms with van der Waals surface area (Å²) in [4.78, 5) is 7.97. The molecule has 0 radical (unpaired) electrons. The van der Waals surface area contributed by atoms with Crippen molar-refractivity contribution in [2.24, 2.45) is 0 Å². The molecule has 0 bridgehead atoms. The van der Waals surface area contributed by atoms with Gasteiger partial charge in [-0.05, 0) is 74.7 Å². The smallest absolute Gasteiger partial charge is 0.147 e. The van der Waals surface area contributed by atoms with Crippen LogP contribution in [0.1, 0.15) is 17.8 Å². The van der Waals surface area contributed by atoms with Gasteiger partial charge in [-0.1, -0.05) is 12.1 Å². The third-order valence-corrected chi connectivity index (χ3v) is 4.97. The van der Waals surface area contributed by atoms with Gasteiger partial charge in [0.1, 0.15) is 11.6 Å². The van der Waals surface area contributed by atoms with E-state index in [9.17, 15) is 0 Å². The average Bonchev–Trinajstić information content (AvgIpc) is 2.97. The van der Waals surface area contributed by atoms with Crippen LogP contribution in [0.5, 0.6) is 5.75 Å². The van der Waals surface area contributed by atoms with Gasteiger partial charge in [0, 0.05) is 13.0 Å². The summed E-state index contributed by atoms with van der Waals surface area (Å²) in [6.45, 7) is 1.76. The first-order valence-corrected chi connectivity index (χ1v) is 9.42. The summed E-state index contributed by atoms with van der Waals surface area (Å²) in [6.07, 6.45) is 1.98. The van der Waals surface area contributed by atoms with Gasteiger partial charge in [-0.15, -0.1) is 0 Å². The summed E-state index contributed by atoms with van der Waals surface area (Å²) < 4.78 is 7.24. The largest absolute Gasteiger partial charge is 0.494 e. The standard InChI is InChI=1S/C18H19Br2N3O/c1-24-18-13(19)9-12(10-14(18)20)11-21-8-4-7-17-22-15-5-2-3-6-16(15)23-17/h2-3,5-6,9-10,21H,4,7-8,11H2,1H3,(H,22,23). The molecule has 1 heterocycles. The lowest BCUT2D eigenvalue weighted by atomic mass is 10.2. The minimum Gasteiger partial charge on any atom is -0.494 e. The van der Waals surface area contributed by atoms with E-state index in [2.05, 4.69) is 65.3 Å². The summed E-state index contributed by atoms with van der Waals surface area (Å²) in [5.74, 6) is 1.87. The fraction of sp³-hybridized carbons (Fsp3) is 0.278. The SMILES string of the molecule is COc1c(Br)cc(CNCCCc2nc3ccccc3[nH]2)cc1Br. The molecule has 126 valence electrons. The van der Waals surface area contributed by atoms with E-state index in [0.717, 1.165) is 57.5 Å². The molecule has 0 saturated heterocycles. The molecule has 0 atom stereocenters. The topological polar surface area (TPSA) is 49.9 Å². The highest BCUT2D eigenvalue weighted by Gasteiger charge is 2.07. The number of aryl methyl sites for hydroxylation is 1. The molecule has 4 nitrogen and oxygen atoms in total. The molecule has 0 fully saturated rings. The number of H-pyrrole nitrogens is 1. The minimum absolute atomic E-state index is 0.821. The number of imidazole rings is 1. The van der Waals surface area contributed by atoms with Crippen LogP contribution in [-0.4, -0.2) is 23.6 Å². The van der Waals surface area contributed by atoms with Crippen molar-refractivity contribution in [1.29, 1.82) is 0 Å². The Labute approximate surface area is 158 Å². The van der Waals surface area contributed by atoms with Gasteiger partial charge in [0.2, 0.25) is 0 Å². The van der Waals surface area contributed by atoms with E-state index in [1.165, 1.54) is 5.56 Å². The minimum atomic E-state index is 0.821. The van der Waals surface area contributed by atoms with Crippen LogP contribution in [0.15, 0.2) is 45.3 Å². The Bertz CT molecular complexity index is 776. The number of rotatable bonds is 7. The number of aromatic nitrogens is 2. The molecule has 0 aliphatic rings. The zero-order valence-electron chi connectivity index (χ0n) is 13.4. The Hall–Kier alpha value is -1.37. The number of fused-ring (bicyclic) bond motifs is 1. The maximum atomic E-state index is 5.32. The second kappa shape index (κ2) is 8.14. The zero-order valence-corrected chi connectivity index (χ0v) is 16.6.